The molecule has 1 rings (SSSR count). The van der Waals surface area contributed by atoms with Crippen LogP contribution in [-0.4, -0.2) is 21.0 Å². The van der Waals surface area contributed by atoms with Crippen molar-refractivity contribution in [3.63, 3.8) is 0 Å². The first kappa shape index (κ1) is 11.1. The summed E-state index contributed by atoms with van der Waals surface area (Å²) in [5.41, 5.74) is 1.23. The Hall–Kier alpha value is -1.98. The van der Waals surface area contributed by atoms with Crippen molar-refractivity contribution in [3.05, 3.63) is 33.5 Å². The van der Waals surface area contributed by atoms with Gasteiger partial charge in [-0.15, -0.1) is 0 Å². The number of pyridine rings is 1. The van der Waals surface area contributed by atoms with E-state index in [0.717, 1.165) is 5.56 Å². The third-order valence-corrected chi connectivity index (χ3v) is 1.98. The summed E-state index contributed by atoms with van der Waals surface area (Å²) in [5, 5.41) is 18.9. The molecule has 0 radical (unpaired) electrons. The molecule has 1 aromatic heterocycles. The van der Waals surface area contributed by atoms with E-state index < -0.39 is 10.9 Å². The SMILES string of the molecule is Cc1nc([N+](=O)[O-])ccc1CCC(=O)O. The molecule has 0 unspecified atom stereocenters. The van der Waals surface area contributed by atoms with Crippen LogP contribution in [0.5, 0.6) is 0 Å². The van der Waals surface area contributed by atoms with Gasteiger partial charge in [0.1, 0.15) is 0 Å². The smallest absolute Gasteiger partial charge is 0.363 e. The van der Waals surface area contributed by atoms with E-state index >= 15 is 0 Å². The van der Waals surface area contributed by atoms with Gasteiger partial charge in [0.25, 0.3) is 0 Å². The minimum Gasteiger partial charge on any atom is -0.481 e. The Bertz CT molecular complexity index is 403. The van der Waals surface area contributed by atoms with Crippen LogP contribution in [0, 0.1) is 17.0 Å². The van der Waals surface area contributed by atoms with E-state index in [-0.39, 0.29) is 12.2 Å². The molecule has 0 saturated carbocycles. The van der Waals surface area contributed by atoms with Gasteiger partial charge in [0.15, 0.2) is 5.69 Å². The number of hydrogen-bond donors (Lipinski definition) is 1. The second-order valence-corrected chi connectivity index (χ2v) is 3.06. The molecule has 80 valence electrons. The standard InChI is InChI=1S/C9H10N2O4/c1-6-7(3-5-9(12)13)2-4-8(10-6)11(14)15/h2,4H,3,5H2,1H3,(H,12,13). The summed E-state index contributed by atoms with van der Waals surface area (Å²) in [7, 11) is 0. The van der Waals surface area contributed by atoms with Crippen LogP contribution < -0.4 is 0 Å². The van der Waals surface area contributed by atoms with E-state index in [1.807, 2.05) is 0 Å². The van der Waals surface area contributed by atoms with Crippen molar-refractivity contribution < 1.29 is 14.8 Å². The highest BCUT2D eigenvalue weighted by Gasteiger charge is 2.12. The Labute approximate surface area is 85.7 Å². The van der Waals surface area contributed by atoms with Gasteiger partial charge in [-0.1, -0.05) is 0 Å². The lowest BCUT2D eigenvalue weighted by atomic mass is 10.1. The zero-order chi connectivity index (χ0) is 11.4. The molecule has 1 aromatic rings. The fraction of sp³-hybridized carbons (Fsp3) is 0.333. The maximum Gasteiger partial charge on any atom is 0.363 e. The molecule has 15 heavy (non-hydrogen) atoms. The summed E-state index contributed by atoms with van der Waals surface area (Å²) in [6, 6.07) is 2.83. The van der Waals surface area contributed by atoms with Gasteiger partial charge < -0.3 is 15.2 Å². The Morgan fingerprint density at radius 2 is 2.27 bits per heavy atom. The fourth-order valence-corrected chi connectivity index (χ4v) is 1.18. The van der Waals surface area contributed by atoms with E-state index in [1.54, 1.807) is 13.0 Å². The first-order chi connectivity index (χ1) is 7.00. The molecule has 1 N–H and O–H groups in total. The molecule has 0 atom stereocenters. The Morgan fingerprint density at radius 1 is 1.60 bits per heavy atom. The van der Waals surface area contributed by atoms with Crippen molar-refractivity contribution in [3.8, 4) is 0 Å². The quantitative estimate of drug-likeness (QED) is 0.597. The number of hydrogen-bond acceptors (Lipinski definition) is 4. The van der Waals surface area contributed by atoms with Gasteiger partial charge in [-0.2, -0.15) is 0 Å². The number of carboxylic acids is 1. The molecular weight excluding hydrogens is 200 g/mol. The third kappa shape index (κ3) is 3.01. The zero-order valence-electron chi connectivity index (χ0n) is 8.14. The molecule has 0 amide bonds. The second-order valence-electron chi connectivity index (χ2n) is 3.06. The molecule has 0 bridgehead atoms. The first-order valence-electron chi connectivity index (χ1n) is 4.33. The minimum atomic E-state index is -0.896. The molecule has 0 fully saturated rings. The van der Waals surface area contributed by atoms with Gasteiger partial charge in [0.05, 0.1) is 0 Å². The third-order valence-electron chi connectivity index (χ3n) is 1.98. The van der Waals surface area contributed by atoms with Crippen LogP contribution >= 0.6 is 0 Å². The Balaban J connectivity index is 2.83. The predicted octanol–water partition coefficient (Wildman–Crippen LogP) is 1.32. The van der Waals surface area contributed by atoms with Crippen LogP contribution in [0.2, 0.25) is 0 Å². The number of carbonyl (C=O) groups is 1. The molecule has 1 heterocycles. The Morgan fingerprint density at radius 3 is 2.73 bits per heavy atom. The summed E-state index contributed by atoms with van der Waals surface area (Å²) in [6.07, 6.45) is 0.340. The molecule has 0 aromatic carbocycles. The normalized spacial score (nSPS) is 9.93. The van der Waals surface area contributed by atoms with Crippen LogP contribution in [-0.2, 0) is 11.2 Å². The van der Waals surface area contributed by atoms with Gasteiger partial charge in [-0.3, -0.25) is 4.79 Å². The number of carboxylic acid groups (broad SMARTS) is 1. The maximum atomic E-state index is 10.4. The lowest BCUT2D eigenvalue weighted by Gasteiger charge is -1.99. The molecular formula is C9H10N2O4. The van der Waals surface area contributed by atoms with Gasteiger partial charge in [0.2, 0.25) is 0 Å². The summed E-state index contributed by atoms with van der Waals surface area (Å²) in [5.74, 6) is -1.11. The van der Waals surface area contributed by atoms with Gasteiger partial charge in [-0.25, -0.2) is 0 Å². The van der Waals surface area contributed by atoms with Gasteiger partial charge in [0, 0.05) is 19.4 Å². The topological polar surface area (TPSA) is 93.3 Å². The van der Waals surface area contributed by atoms with Crippen molar-refractivity contribution in [1.82, 2.24) is 4.98 Å². The highest BCUT2D eigenvalue weighted by Crippen LogP contribution is 2.13. The van der Waals surface area contributed by atoms with Gasteiger partial charge >= 0.3 is 11.8 Å². The van der Waals surface area contributed by atoms with E-state index in [4.69, 9.17) is 5.11 Å². The molecule has 6 heteroatoms. The van der Waals surface area contributed by atoms with E-state index in [9.17, 15) is 14.9 Å². The molecule has 0 aliphatic rings. The molecule has 6 nitrogen and oxygen atoms in total. The molecule has 0 saturated heterocycles. The lowest BCUT2D eigenvalue weighted by molar-refractivity contribution is -0.389. The van der Waals surface area contributed by atoms with Crippen LogP contribution in [0.1, 0.15) is 17.7 Å². The summed E-state index contributed by atoms with van der Waals surface area (Å²) >= 11 is 0. The largest absolute Gasteiger partial charge is 0.481 e. The molecule has 0 aliphatic heterocycles. The average molecular weight is 210 g/mol. The number of aliphatic carboxylic acids is 1. The Kier molecular flexibility index (Phi) is 3.33. The number of aromatic nitrogens is 1. The molecule has 0 aliphatic carbocycles. The van der Waals surface area contributed by atoms with Crippen molar-refractivity contribution in [2.75, 3.05) is 0 Å². The van der Waals surface area contributed by atoms with E-state index in [0.29, 0.717) is 12.1 Å². The van der Waals surface area contributed by atoms with E-state index in [2.05, 4.69) is 4.98 Å². The highest BCUT2D eigenvalue weighted by atomic mass is 16.6. The summed E-state index contributed by atoms with van der Waals surface area (Å²) in [4.78, 5) is 23.9. The summed E-state index contributed by atoms with van der Waals surface area (Å²) in [6.45, 7) is 1.63. The fourth-order valence-electron chi connectivity index (χ4n) is 1.18. The van der Waals surface area contributed by atoms with Crippen LogP contribution in [0.15, 0.2) is 12.1 Å². The second kappa shape index (κ2) is 4.50. The van der Waals surface area contributed by atoms with E-state index in [1.165, 1.54) is 6.07 Å². The van der Waals surface area contributed by atoms with Crippen LogP contribution in [0.25, 0.3) is 0 Å². The van der Waals surface area contributed by atoms with Crippen molar-refractivity contribution in [2.24, 2.45) is 0 Å². The highest BCUT2D eigenvalue weighted by molar-refractivity contribution is 5.67. The lowest BCUT2D eigenvalue weighted by Crippen LogP contribution is -2.01. The predicted molar refractivity (Wildman–Crippen MR) is 51.6 cm³/mol. The summed E-state index contributed by atoms with van der Waals surface area (Å²) < 4.78 is 0. The monoisotopic (exact) mass is 210 g/mol. The maximum absolute atomic E-state index is 10.4. The minimum absolute atomic E-state index is 0.000328. The van der Waals surface area contributed by atoms with Crippen LogP contribution in [0.4, 0.5) is 5.82 Å². The van der Waals surface area contributed by atoms with Gasteiger partial charge in [-0.05, 0) is 28.0 Å². The van der Waals surface area contributed by atoms with Crippen LogP contribution in [0.3, 0.4) is 0 Å². The number of aryl methyl sites for hydroxylation is 2. The van der Waals surface area contributed by atoms with Crippen molar-refractivity contribution in [1.29, 1.82) is 0 Å². The number of nitrogens with zero attached hydrogens (tertiary/aromatic N) is 2. The average Bonchev–Trinajstić information content (AvgIpc) is 2.15. The number of rotatable bonds is 4. The first-order valence-corrected chi connectivity index (χ1v) is 4.33. The van der Waals surface area contributed by atoms with Crippen molar-refractivity contribution >= 4 is 11.8 Å². The zero-order valence-corrected chi connectivity index (χ0v) is 8.14. The molecule has 0 spiro atoms. The van der Waals surface area contributed by atoms with Crippen molar-refractivity contribution in [2.45, 2.75) is 19.8 Å². The number of nitro groups is 1.